The summed E-state index contributed by atoms with van der Waals surface area (Å²) >= 11 is 1.71. The van der Waals surface area contributed by atoms with Gasteiger partial charge in [-0.3, -0.25) is 4.79 Å². The molecule has 0 heterocycles. The van der Waals surface area contributed by atoms with Crippen LogP contribution in [-0.4, -0.2) is 5.78 Å². The second-order valence-corrected chi connectivity index (χ2v) is 3.46. The van der Waals surface area contributed by atoms with Crippen LogP contribution >= 0.6 is 22.6 Å². The third-order valence-corrected chi connectivity index (χ3v) is 2.22. The molecule has 0 bridgehead atoms. The second kappa shape index (κ2) is 3.47. The van der Waals surface area contributed by atoms with Crippen LogP contribution in [0.25, 0.3) is 0 Å². The Kier molecular flexibility index (Phi) is 2.76. The smallest absolute Gasteiger partial charge is 0.162 e. The van der Waals surface area contributed by atoms with E-state index in [9.17, 15) is 13.6 Å². The minimum absolute atomic E-state index is 0.0687. The van der Waals surface area contributed by atoms with Crippen molar-refractivity contribution in [2.24, 2.45) is 0 Å². The van der Waals surface area contributed by atoms with Gasteiger partial charge in [0.15, 0.2) is 5.78 Å². The third-order valence-electron chi connectivity index (χ3n) is 1.39. The largest absolute Gasteiger partial charge is 0.294 e. The van der Waals surface area contributed by atoms with Crippen molar-refractivity contribution in [3.63, 3.8) is 0 Å². The van der Waals surface area contributed by atoms with E-state index in [1.54, 1.807) is 22.6 Å². The van der Waals surface area contributed by atoms with Crippen molar-refractivity contribution in [3.05, 3.63) is 32.9 Å². The van der Waals surface area contributed by atoms with Gasteiger partial charge in [-0.05, 0) is 35.6 Å². The first kappa shape index (κ1) is 9.57. The van der Waals surface area contributed by atoms with Crippen LogP contribution < -0.4 is 0 Å². The van der Waals surface area contributed by atoms with Crippen molar-refractivity contribution in [3.8, 4) is 0 Å². The number of hydrogen-bond donors (Lipinski definition) is 0. The molecule has 0 fully saturated rings. The summed E-state index contributed by atoms with van der Waals surface area (Å²) in [4.78, 5) is 10.8. The SMILES string of the molecule is CC(=O)c1cc(I)c(F)cc1F. The Balaban J connectivity index is 3.33. The Hall–Kier alpha value is -0.520. The quantitative estimate of drug-likeness (QED) is 0.440. The standard InChI is InChI=1S/C8H5F2IO/c1-4(12)5-2-8(11)7(10)3-6(5)9/h2-3H,1H3. The Bertz CT molecular complexity index is 336. The molecule has 0 atom stereocenters. The predicted molar refractivity (Wildman–Crippen MR) is 49.1 cm³/mol. The van der Waals surface area contributed by atoms with Crippen LogP contribution in [0.1, 0.15) is 17.3 Å². The highest BCUT2D eigenvalue weighted by Crippen LogP contribution is 2.16. The lowest BCUT2D eigenvalue weighted by Crippen LogP contribution is -1.99. The molecule has 0 unspecified atom stereocenters. The molecule has 0 aliphatic carbocycles. The zero-order chi connectivity index (χ0) is 9.30. The maximum Gasteiger partial charge on any atom is 0.162 e. The topological polar surface area (TPSA) is 17.1 Å². The van der Waals surface area contributed by atoms with E-state index >= 15 is 0 Å². The van der Waals surface area contributed by atoms with Gasteiger partial charge in [-0.1, -0.05) is 0 Å². The van der Waals surface area contributed by atoms with E-state index in [4.69, 9.17) is 0 Å². The lowest BCUT2D eigenvalue weighted by Gasteiger charge is -1.99. The van der Waals surface area contributed by atoms with E-state index in [2.05, 4.69) is 0 Å². The van der Waals surface area contributed by atoms with Crippen LogP contribution in [0.3, 0.4) is 0 Å². The van der Waals surface area contributed by atoms with Crippen molar-refractivity contribution in [2.75, 3.05) is 0 Å². The Morgan fingerprint density at radius 3 is 2.42 bits per heavy atom. The number of hydrogen-bond acceptors (Lipinski definition) is 1. The molecule has 0 spiro atoms. The van der Waals surface area contributed by atoms with Crippen LogP contribution in [0.2, 0.25) is 0 Å². The van der Waals surface area contributed by atoms with Crippen molar-refractivity contribution in [1.82, 2.24) is 0 Å². The number of carbonyl (C=O) groups excluding carboxylic acids is 1. The molecule has 0 saturated carbocycles. The predicted octanol–water partition coefficient (Wildman–Crippen LogP) is 2.77. The molecule has 12 heavy (non-hydrogen) atoms. The summed E-state index contributed by atoms with van der Waals surface area (Å²) in [6, 6.07) is 1.92. The fourth-order valence-corrected chi connectivity index (χ4v) is 1.26. The van der Waals surface area contributed by atoms with E-state index in [1.807, 2.05) is 0 Å². The van der Waals surface area contributed by atoms with Crippen molar-refractivity contribution >= 4 is 28.4 Å². The van der Waals surface area contributed by atoms with Gasteiger partial charge in [0.25, 0.3) is 0 Å². The highest BCUT2D eigenvalue weighted by atomic mass is 127. The third kappa shape index (κ3) is 1.80. The van der Waals surface area contributed by atoms with Crippen LogP contribution in [0.5, 0.6) is 0 Å². The number of Topliss-reactive ketones (excluding diaryl/α,β-unsaturated/α-hetero) is 1. The first-order valence-corrected chi connectivity index (χ1v) is 4.25. The molecule has 4 heteroatoms. The highest BCUT2D eigenvalue weighted by Gasteiger charge is 2.10. The normalized spacial score (nSPS) is 10.0. The first-order valence-electron chi connectivity index (χ1n) is 3.18. The molecule has 0 aliphatic rings. The minimum Gasteiger partial charge on any atom is -0.294 e. The molecule has 0 N–H and O–H groups in total. The van der Waals surface area contributed by atoms with Gasteiger partial charge in [-0.2, -0.15) is 0 Å². The van der Waals surface area contributed by atoms with Crippen molar-refractivity contribution < 1.29 is 13.6 Å². The fourth-order valence-electron chi connectivity index (χ4n) is 0.792. The maximum absolute atomic E-state index is 12.8. The molecule has 1 rings (SSSR count). The van der Waals surface area contributed by atoms with Gasteiger partial charge in [0.1, 0.15) is 11.6 Å². The van der Waals surface area contributed by atoms with Gasteiger partial charge in [-0.25, -0.2) is 8.78 Å². The van der Waals surface area contributed by atoms with Crippen molar-refractivity contribution in [2.45, 2.75) is 6.92 Å². The molecule has 0 amide bonds. The van der Waals surface area contributed by atoms with Crippen LogP contribution in [0, 0.1) is 15.2 Å². The maximum atomic E-state index is 12.8. The average molecular weight is 282 g/mol. The summed E-state index contributed by atoms with van der Waals surface area (Å²) in [7, 11) is 0. The minimum atomic E-state index is -0.805. The molecule has 1 aromatic rings. The van der Waals surface area contributed by atoms with Gasteiger partial charge >= 0.3 is 0 Å². The molecule has 64 valence electrons. The lowest BCUT2D eigenvalue weighted by molar-refractivity contribution is 0.101. The summed E-state index contributed by atoms with van der Waals surface area (Å²) in [6.07, 6.45) is 0. The van der Waals surface area contributed by atoms with Gasteiger partial charge < -0.3 is 0 Å². The average Bonchev–Trinajstić information content (AvgIpc) is 1.96. The summed E-state index contributed by atoms with van der Waals surface area (Å²) in [6.45, 7) is 1.24. The van der Waals surface area contributed by atoms with E-state index in [0.717, 1.165) is 6.07 Å². The number of carbonyl (C=O) groups is 1. The number of rotatable bonds is 1. The fraction of sp³-hybridized carbons (Fsp3) is 0.125. The lowest BCUT2D eigenvalue weighted by atomic mass is 10.1. The Labute approximate surface area is 81.9 Å². The summed E-state index contributed by atoms with van der Waals surface area (Å²) in [5.41, 5.74) is -0.0687. The molecule has 0 aromatic heterocycles. The van der Waals surface area contributed by atoms with Gasteiger partial charge in [0.05, 0.1) is 5.56 Å². The molecular formula is C8H5F2IO. The van der Waals surface area contributed by atoms with E-state index in [0.29, 0.717) is 0 Å². The molecule has 0 radical (unpaired) electrons. The number of ketones is 1. The van der Waals surface area contributed by atoms with Crippen LogP contribution in [0.4, 0.5) is 8.78 Å². The molecule has 0 aliphatic heterocycles. The van der Waals surface area contributed by atoms with E-state index in [1.165, 1.54) is 13.0 Å². The van der Waals surface area contributed by atoms with Crippen LogP contribution in [-0.2, 0) is 0 Å². The summed E-state index contributed by atoms with van der Waals surface area (Å²) in [5, 5.41) is 0. The van der Waals surface area contributed by atoms with Crippen LogP contribution in [0.15, 0.2) is 12.1 Å². The highest BCUT2D eigenvalue weighted by molar-refractivity contribution is 14.1. The zero-order valence-electron chi connectivity index (χ0n) is 6.20. The van der Waals surface area contributed by atoms with Gasteiger partial charge in [0.2, 0.25) is 0 Å². The van der Waals surface area contributed by atoms with E-state index in [-0.39, 0.29) is 9.13 Å². The van der Waals surface area contributed by atoms with E-state index < -0.39 is 17.4 Å². The first-order chi connectivity index (χ1) is 5.52. The van der Waals surface area contributed by atoms with Gasteiger partial charge in [-0.15, -0.1) is 0 Å². The zero-order valence-corrected chi connectivity index (χ0v) is 8.35. The molecular weight excluding hydrogens is 277 g/mol. The molecule has 0 saturated heterocycles. The molecule has 1 aromatic carbocycles. The van der Waals surface area contributed by atoms with Gasteiger partial charge in [0, 0.05) is 9.64 Å². The second-order valence-electron chi connectivity index (χ2n) is 2.30. The number of halogens is 3. The summed E-state index contributed by atoms with van der Waals surface area (Å²) < 4.78 is 25.7. The number of benzene rings is 1. The monoisotopic (exact) mass is 282 g/mol. The van der Waals surface area contributed by atoms with Crippen molar-refractivity contribution in [1.29, 1.82) is 0 Å². The summed E-state index contributed by atoms with van der Waals surface area (Å²) in [5.74, 6) is -1.84. The Morgan fingerprint density at radius 1 is 1.33 bits per heavy atom. The Morgan fingerprint density at radius 2 is 1.92 bits per heavy atom. The molecule has 1 nitrogen and oxygen atoms in total.